The van der Waals surface area contributed by atoms with E-state index >= 15 is 0 Å². The minimum Gasteiger partial charge on any atom is -0.353 e. The lowest BCUT2D eigenvalue weighted by atomic mass is 9.92. The number of thioether (sulfide) groups is 1. The van der Waals surface area contributed by atoms with E-state index in [0.717, 1.165) is 29.4 Å². The van der Waals surface area contributed by atoms with Gasteiger partial charge in [0.1, 0.15) is 0 Å². The van der Waals surface area contributed by atoms with Crippen LogP contribution in [0.25, 0.3) is 0 Å². The molecule has 1 atom stereocenters. The van der Waals surface area contributed by atoms with E-state index < -0.39 is 0 Å². The van der Waals surface area contributed by atoms with Crippen LogP contribution in [0.4, 0.5) is 0 Å². The predicted octanol–water partition coefficient (Wildman–Crippen LogP) is 3.03. The maximum Gasteiger partial charge on any atom is 0.254 e. The Hall–Kier alpha value is -1.30. The first-order valence-corrected chi connectivity index (χ1v) is 9.89. The highest BCUT2D eigenvalue weighted by molar-refractivity contribution is 7.99. The Morgan fingerprint density at radius 2 is 2.04 bits per heavy atom. The molecule has 1 saturated carbocycles. The van der Waals surface area contributed by atoms with Gasteiger partial charge in [0.2, 0.25) is 5.91 Å². The molecule has 0 aromatic carbocycles. The van der Waals surface area contributed by atoms with Gasteiger partial charge in [-0.2, -0.15) is 0 Å². The van der Waals surface area contributed by atoms with E-state index in [1.54, 1.807) is 22.4 Å². The van der Waals surface area contributed by atoms with Gasteiger partial charge in [-0.25, -0.2) is 4.98 Å². The van der Waals surface area contributed by atoms with Crippen molar-refractivity contribution in [2.24, 2.45) is 0 Å². The van der Waals surface area contributed by atoms with Crippen molar-refractivity contribution >= 4 is 17.7 Å². The third-order valence-electron chi connectivity index (χ3n) is 4.85. The molecule has 1 amide bonds. The maximum absolute atomic E-state index is 12.5. The smallest absolute Gasteiger partial charge is 0.254 e. The average molecular weight is 350 g/mol. The van der Waals surface area contributed by atoms with Gasteiger partial charge in [0.05, 0.1) is 11.7 Å². The first-order chi connectivity index (χ1) is 11.3. The molecular formula is C18H27N3O2S. The van der Waals surface area contributed by atoms with Gasteiger partial charge in [-0.15, -0.1) is 0 Å². The summed E-state index contributed by atoms with van der Waals surface area (Å²) in [6.45, 7) is 6.17. The number of nitrogens with one attached hydrogen (secondary N) is 1. The van der Waals surface area contributed by atoms with Crippen molar-refractivity contribution in [3.8, 4) is 0 Å². The Labute approximate surface area is 147 Å². The summed E-state index contributed by atoms with van der Waals surface area (Å²) in [4.78, 5) is 29.5. The van der Waals surface area contributed by atoms with Gasteiger partial charge < -0.3 is 5.32 Å². The fourth-order valence-corrected chi connectivity index (χ4v) is 4.58. The van der Waals surface area contributed by atoms with Crippen LogP contribution in [0, 0.1) is 0 Å². The minimum atomic E-state index is -0.147. The van der Waals surface area contributed by atoms with Crippen LogP contribution in [0.15, 0.2) is 16.0 Å². The van der Waals surface area contributed by atoms with E-state index in [2.05, 4.69) is 31.1 Å². The lowest BCUT2D eigenvalue weighted by Gasteiger charge is -2.24. The Morgan fingerprint density at radius 3 is 2.71 bits per heavy atom. The Morgan fingerprint density at radius 1 is 1.33 bits per heavy atom. The number of hydrogen-bond acceptors (Lipinski definition) is 4. The minimum absolute atomic E-state index is 0.0367. The number of carbonyl (C=O) groups is 1. The van der Waals surface area contributed by atoms with E-state index in [-0.39, 0.29) is 22.9 Å². The molecule has 0 saturated heterocycles. The molecule has 0 bridgehead atoms. The second-order valence-electron chi connectivity index (χ2n) is 7.95. The van der Waals surface area contributed by atoms with Crippen LogP contribution < -0.4 is 10.9 Å². The highest BCUT2D eigenvalue weighted by Gasteiger charge is 2.30. The number of hydrogen-bond donors (Lipinski definition) is 1. The number of amides is 1. The Balaban J connectivity index is 1.70. The van der Waals surface area contributed by atoms with Crippen LogP contribution in [0.3, 0.4) is 0 Å². The van der Waals surface area contributed by atoms with Crippen molar-refractivity contribution in [1.82, 2.24) is 14.9 Å². The van der Waals surface area contributed by atoms with E-state index in [1.807, 2.05) is 0 Å². The van der Waals surface area contributed by atoms with Crippen molar-refractivity contribution < 1.29 is 4.79 Å². The largest absolute Gasteiger partial charge is 0.353 e. The first-order valence-electron chi connectivity index (χ1n) is 8.91. The van der Waals surface area contributed by atoms with Crippen LogP contribution in [0.5, 0.6) is 0 Å². The molecule has 1 fully saturated rings. The van der Waals surface area contributed by atoms with Gasteiger partial charge in [-0.05, 0) is 12.8 Å². The predicted molar refractivity (Wildman–Crippen MR) is 96.6 cm³/mol. The third kappa shape index (κ3) is 3.85. The summed E-state index contributed by atoms with van der Waals surface area (Å²) in [6.07, 6.45) is 6.21. The summed E-state index contributed by atoms with van der Waals surface area (Å²) in [5, 5.41) is 3.90. The van der Waals surface area contributed by atoms with E-state index in [0.29, 0.717) is 12.5 Å². The van der Waals surface area contributed by atoms with Gasteiger partial charge in [0.25, 0.3) is 5.56 Å². The lowest BCUT2D eigenvalue weighted by Crippen LogP contribution is -2.38. The molecule has 1 aliphatic carbocycles. The van der Waals surface area contributed by atoms with Crippen molar-refractivity contribution in [1.29, 1.82) is 0 Å². The SMILES string of the molecule is CC(C)(C)c1cc(=O)n2c(n1)SCC2CC(=O)NC1CCCCC1. The normalized spacial score (nSPS) is 21.5. The molecule has 1 aliphatic heterocycles. The zero-order chi connectivity index (χ0) is 17.3. The van der Waals surface area contributed by atoms with E-state index in [4.69, 9.17) is 0 Å². The molecule has 5 nitrogen and oxygen atoms in total. The van der Waals surface area contributed by atoms with Gasteiger partial charge in [-0.1, -0.05) is 51.8 Å². The molecule has 2 aliphatic rings. The van der Waals surface area contributed by atoms with Crippen LogP contribution in [-0.4, -0.2) is 27.3 Å². The molecule has 1 aromatic rings. The van der Waals surface area contributed by atoms with Crippen molar-refractivity contribution in [3.63, 3.8) is 0 Å². The summed E-state index contributed by atoms with van der Waals surface area (Å²) in [5.74, 6) is 0.806. The maximum atomic E-state index is 12.5. The second kappa shape index (κ2) is 6.90. The third-order valence-corrected chi connectivity index (χ3v) is 5.95. The zero-order valence-corrected chi connectivity index (χ0v) is 15.6. The second-order valence-corrected chi connectivity index (χ2v) is 8.94. The van der Waals surface area contributed by atoms with Crippen molar-refractivity contribution in [2.75, 3.05) is 5.75 Å². The zero-order valence-electron chi connectivity index (χ0n) is 14.8. The summed E-state index contributed by atoms with van der Waals surface area (Å²) in [6, 6.07) is 1.86. The average Bonchev–Trinajstić information content (AvgIpc) is 2.90. The van der Waals surface area contributed by atoms with Crippen LogP contribution >= 0.6 is 11.8 Å². The molecule has 0 radical (unpaired) electrons. The highest BCUT2D eigenvalue weighted by Crippen LogP contribution is 2.33. The van der Waals surface area contributed by atoms with E-state index in [9.17, 15) is 9.59 Å². The lowest BCUT2D eigenvalue weighted by molar-refractivity contribution is -0.122. The monoisotopic (exact) mass is 349 g/mol. The van der Waals surface area contributed by atoms with Gasteiger partial charge >= 0.3 is 0 Å². The molecule has 2 heterocycles. The quantitative estimate of drug-likeness (QED) is 0.852. The first kappa shape index (κ1) is 17.5. The summed E-state index contributed by atoms with van der Waals surface area (Å²) >= 11 is 1.58. The topological polar surface area (TPSA) is 64.0 Å². The Kier molecular flexibility index (Phi) is 5.04. The summed E-state index contributed by atoms with van der Waals surface area (Å²) in [7, 11) is 0. The van der Waals surface area contributed by atoms with Crippen LogP contribution in [0.1, 0.15) is 71.0 Å². The number of rotatable bonds is 3. The van der Waals surface area contributed by atoms with Crippen LogP contribution in [0.2, 0.25) is 0 Å². The molecule has 3 rings (SSSR count). The number of carbonyl (C=O) groups excluding carboxylic acids is 1. The summed E-state index contributed by atoms with van der Waals surface area (Å²) in [5.41, 5.74) is 0.634. The fourth-order valence-electron chi connectivity index (χ4n) is 3.44. The van der Waals surface area contributed by atoms with Gasteiger partial charge in [0, 0.05) is 29.7 Å². The van der Waals surface area contributed by atoms with Gasteiger partial charge in [-0.3, -0.25) is 14.2 Å². The molecule has 6 heteroatoms. The molecule has 0 spiro atoms. The van der Waals surface area contributed by atoms with Gasteiger partial charge in [0.15, 0.2) is 5.16 Å². The van der Waals surface area contributed by atoms with Crippen LogP contribution in [-0.2, 0) is 10.2 Å². The molecule has 1 unspecified atom stereocenters. The molecule has 24 heavy (non-hydrogen) atoms. The fraction of sp³-hybridized carbons (Fsp3) is 0.722. The van der Waals surface area contributed by atoms with Crippen molar-refractivity contribution in [2.45, 2.75) is 82.0 Å². The van der Waals surface area contributed by atoms with E-state index in [1.165, 1.54) is 19.3 Å². The molecular weight excluding hydrogens is 322 g/mol. The van der Waals surface area contributed by atoms with Crippen molar-refractivity contribution in [3.05, 3.63) is 22.1 Å². The summed E-state index contributed by atoms with van der Waals surface area (Å²) < 4.78 is 1.71. The number of fused-ring (bicyclic) bond motifs is 1. The number of nitrogens with zero attached hydrogens (tertiary/aromatic N) is 2. The number of aromatic nitrogens is 2. The highest BCUT2D eigenvalue weighted by atomic mass is 32.2. The standard InChI is InChI=1S/C18H27N3O2S/c1-18(2,3)14-10-16(23)21-13(11-24-17(21)20-14)9-15(22)19-12-7-5-4-6-8-12/h10,12-13H,4-9,11H2,1-3H3,(H,19,22). The molecule has 1 N–H and O–H groups in total. The molecule has 1 aromatic heterocycles. The Bertz CT molecular complexity index is 672. The molecule has 132 valence electrons.